The second-order valence-corrected chi connectivity index (χ2v) is 3.68. The van der Waals surface area contributed by atoms with Crippen LogP contribution in [0.25, 0.3) is 0 Å². The zero-order valence-electron chi connectivity index (χ0n) is 9.57. The van der Waals surface area contributed by atoms with Crippen molar-refractivity contribution in [2.45, 2.75) is 0 Å². The van der Waals surface area contributed by atoms with Crippen molar-refractivity contribution in [1.82, 2.24) is 20.3 Å². The van der Waals surface area contributed by atoms with E-state index in [9.17, 15) is 4.79 Å². The van der Waals surface area contributed by atoms with Crippen LogP contribution in [0.3, 0.4) is 0 Å². The van der Waals surface area contributed by atoms with Crippen molar-refractivity contribution in [3.05, 3.63) is 5.28 Å². The van der Waals surface area contributed by atoms with Crippen molar-refractivity contribution in [3.63, 3.8) is 0 Å². The lowest BCUT2D eigenvalue weighted by molar-refractivity contribution is 0.249. The standard InChI is InChI=1S/C8H14ClN7O/c1-16(2)8-14-5(9)13-7(15-8)12-4-3-11-6(10)17/h3-4H2,1-2H3,(H3,10,11,17)(H,12,13,14,15). The van der Waals surface area contributed by atoms with E-state index >= 15 is 0 Å². The van der Waals surface area contributed by atoms with Crippen molar-refractivity contribution in [1.29, 1.82) is 0 Å². The first kappa shape index (κ1) is 13.2. The van der Waals surface area contributed by atoms with Crippen LogP contribution in [-0.2, 0) is 0 Å². The maximum absolute atomic E-state index is 10.4. The Bertz CT molecular complexity index is 397. The average molecular weight is 260 g/mol. The van der Waals surface area contributed by atoms with Crippen molar-refractivity contribution in [2.24, 2.45) is 5.73 Å². The van der Waals surface area contributed by atoms with Gasteiger partial charge in [0.1, 0.15) is 0 Å². The molecule has 17 heavy (non-hydrogen) atoms. The summed E-state index contributed by atoms with van der Waals surface area (Å²) in [5.41, 5.74) is 4.91. The monoisotopic (exact) mass is 259 g/mol. The number of nitrogens with zero attached hydrogens (tertiary/aromatic N) is 4. The summed E-state index contributed by atoms with van der Waals surface area (Å²) < 4.78 is 0. The molecule has 0 radical (unpaired) electrons. The Balaban J connectivity index is 2.55. The third-order valence-corrected chi connectivity index (χ3v) is 1.87. The summed E-state index contributed by atoms with van der Waals surface area (Å²) in [4.78, 5) is 24.1. The Morgan fingerprint density at radius 2 is 2.06 bits per heavy atom. The minimum Gasteiger partial charge on any atom is -0.352 e. The van der Waals surface area contributed by atoms with E-state index in [1.807, 2.05) is 0 Å². The van der Waals surface area contributed by atoms with Gasteiger partial charge in [0.05, 0.1) is 0 Å². The Hall–Kier alpha value is -1.83. The van der Waals surface area contributed by atoms with Gasteiger partial charge in [0.2, 0.25) is 17.2 Å². The van der Waals surface area contributed by atoms with Crippen LogP contribution in [0.1, 0.15) is 0 Å². The van der Waals surface area contributed by atoms with Crippen LogP contribution in [0.5, 0.6) is 0 Å². The second-order valence-electron chi connectivity index (χ2n) is 3.34. The molecule has 0 aromatic carbocycles. The van der Waals surface area contributed by atoms with Gasteiger partial charge in [-0.15, -0.1) is 0 Å². The quantitative estimate of drug-likeness (QED) is 0.625. The summed E-state index contributed by atoms with van der Waals surface area (Å²) in [5, 5.41) is 5.43. The molecule has 8 nitrogen and oxygen atoms in total. The molecule has 0 fully saturated rings. The molecule has 94 valence electrons. The Morgan fingerprint density at radius 3 is 2.65 bits per heavy atom. The molecule has 0 atom stereocenters. The van der Waals surface area contributed by atoms with Crippen LogP contribution in [0.4, 0.5) is 16.7 Å². The summed E-state index contributed by atoms with van der Waals surface area (Å²) in [5.74, 6) is 0.801. The van der Waals surface area contributed by atoms with Gasteiger partial charge < -0.3 is 21.3 Å². The van der Waals surface area contributed by atoms with Gasteiger partial charge >= 0.3 is 6.03 Å². The fourth-order valence-electron chi connectivity index (χ4n) is 0.979. The number of anilines is 2. The molecular formula is C8H14ClN7O. The maximum Gasteiger partial charge on any atom is 0.312 e. The van der Waals surface area contributed by atoms with Crippen molar-refractivity contribution in [2.75, 3.05) is 37.4 Å². The number of rotatable bonds is 5. The molecule has 1 aromatic rings. The van der Waals surface area contributed by atoms with Gasteiger partial charge in [-0.2, -0.15) is 15.0 Å². The van der Waals surface area contributed by atoms with E-state index in [1.54, 1.807) is 19.0 Å². The van der Waals surface area contributed by atoms with Gasteiger partial charge in [-0.1, -0.05) is 0 Å². The third kappa shape index (κ3) is 4.68. The Labute approximate surface area is 104 Å². The molecule has 2 amide bonds. The van der Waals surface area contributed by atoms with Crippen LogP contribution < -0.4 is 21.3 Å². The minimum absolute atomic E-state index is 0.106. The van der Waals surface area contributed by atoms with E-state index in [4.69, 9.17) is 17.3 Å². The number of aromatic nitrogens is 3. The number of halogens is 1. The van der Waals surface area contributed by atoms with Gasteiger partial charge in [0, 0.05) is 27.2 Å². The smallest absolute Gasteiger partial charge is 0.312 e. The number of carbonyl (C=O) groups is 1. The van der Waals surface area contributed by atoms with Gasteiger partial charge in [0.25, 0.3) is 0 Å². The molecule has 0 aliphatic heterocycles. The first-order valence-corrected chi connectivity index (χ1v) is 5.23. The third-order valence-electron chi connectivity index (χ3n) is 1.70. The van der Waals surface area contributed by atoms with E-state index in [-0.39, 0.29) is 5.28 Å². The van der Waals surface area contributed by atoms with Crippen LogP contribution in [0.15, 0.2) is 0 Å². The molecule has 0 bridgehead atoms. The minimum atomic E-state index is -0.575. The molecule has 4 N–H and O–H groups in total. The zero-order valence-corrected chi connectivity index (χ0v) is 10.3. The zero-order chi connectivity index (χ0) is 12.8. The van der Waals surface area contributed by atoms with Crippen LogP contribution in [0, 0.1) is 0 Å². The number of urea groups is 1. The highest BCUT2D eigenvalue weighted by Gasteiger charge is 2.05. The lowest BCUT2D eigenvalue weighted by Crippen LogP contribution is -2.33. The van der Waals surface area contributed by atoms with E-state index in [2.05, 4.69) is 25.6 Å². The van der Waals surface area contributed by atoms with E-state index in [1.165, 1.54) is 0 Å². The predicted molar refractivity (Wildman–Crippen MR) is 65.2 cm³/mol. The lowest BCUT2D eigenvalue weighted by atomic mass is 10.6. The van der Waals surface area contributed by atoms with E-state index < -0.39 is 6.03 Å². The molecule has 0 aliphatic carbocycles. The predicted octanol–water partition coefficient (Wildman–Crippen LogP) is -0.329. The molecule has 1 rings (SSSR count). The largest absolute Gasteiger partial charge is 0.352 e. The Kier molecular flexibility index (Phi) is 4.70. The molecule has 0 saturated heterocycles. The molecule has 9 heteroatoms. The van der Waals surface area contributed by atoms with Gasteiger partial charge in [-0.3, -0.25) is 0 Å². The summed E-state index contributed by atoms with van der Waals surface area (Å²) in [6, 6.07) is -0.575. The molecule has 0 aliphatic rings. The van der Waals surface area contributed by atoms with Gasteiger partial charge in [0.15, 0.2) is 0 Å². The Morgan fingerprint density at radius 1 is 1.35 bits per heavy atom. The number of hydrogen-bond donors (Lipinski definition) is 3. The number of primary amides is 1. The molecular weight excluding hydrogens is 246 g/mol. The fraction of sp³-hybridized carbons (Fsp3) is 0.500. The highest BCUT2D eigenvalue weighted by atomic mass is 35.5. The van der Waals surface area contributed by atoms with Crippen LogP contribution in [-0.4, -0.2) is 48.2 Å². The van der Waals surface area contributed by atoms with Gasteiger partial charge in [-0.05, 0) is 11.6 Å². The number of nitrogens with two attached hydrogens (primary N) is 1. The first-order chi connectivity index (χ1) is 7.99. The van der Waals surface area contributed by atoms with Crippen LogP contribution >= 0.6 is 11.6 Å². The normalized spacial score (nSPS) is 9.82. The van der Waals surface area contributed by atoms with Crippen molar-refractivity contribution < 1.29 is 4.79 Å². The number of hydrogen-bond acceptors (Lipinski definition) is 6. The molecule has 1 aromatic heterocycles. The van der Waals surface area contributed by atoms with E-state index in [0.29, 0.717) is 25.0 Å². The number of amides is 2. The molecule has 0 spiro atoms. The maximum atomic E-state index is 10.4. The van der Waals surface area contributed by atoms with E-state index in [0.717, 1.165) is 0 Å². The van der Waals surface area contributed by atoms with Crippen LogP contribution in [0.2, 0.25) is 5.28 Å². The number of nitrogens with one attached hydrogen (secondary N) is 2. The number of carbonyl (C=O) groups excluding carboxylic acids is 1. The topological polar surface area (TPSA) is 109 Å². The summed E-state index contributed by atoms with van der Waals surface area (Å²) in [6.45, 7) is 0.812. The second kappa shape index (κ2) is 6.04. The fourth-order valence-corrected chi connectivity index (χ4v) is 1.13. The average Bonchev–Trinajstić information content (AvgIpc) is 2.23. The first-order valence-electron chi connectivity index (χ1n) is 4.85. The SMILES string of the molecule is CN(C)c1nc(Cl)nc(NCCNC(N)=O)n1. The lowest BCUT2D eigenvalue weighted by Gasteiger charge is -2.11. The molecule has 0 unspecified atom stereocenters. The molecule has 0 saturated carbocycles. The summed E-state index contributed by atoms with van der Waals surface area (Å²) in [7, 11) is 3.59. The summed E-state index contributed by atoms with van der Waals surface area (Å²) in [6.07, 6.45) is 0. The van der Waals surface area contributed by atoms with Gasteiger partial charge in [-0.25, -0.2) is 4.79 Å². The van der Waals surface area contributed by atoms with Crippen molar-refractivity contribution in [3.8, 4) is 0 Å². The summed E-state index contributed by atoms with van der Waals surface area (Å²) >= 11 is 5.74. The highest BCUT2D eigenvalue weighted by molar-refractivity contribution is 6.28. The highest BCUT2D eigenvalue weighted by Crippen LogP contribution is 2.10. The molecule has 1 heterocycles. The van der Waals surface area contributed by atoms with Crippen molar-refractivity contribution >= 4 is 29.5 Å².